The number of benzene rings is 1. The predicted molar refractivity (Wildman–Crippen MR) is 100.0 cm³/mol. The molecule has 0 bridgehead atoms. The standard InChI is InChI=1S/C16H23BrN2OS.ClH/c17-14-3-5-15(6-4-14)21-11-1-2-16(20)19-10-8-13-7-9-18-12-13;/h3-6,13,18H,1-2,7-12H2,(H,19,20);1H. The van der Waals surface area contributed by atoms with Crippen LogP contribution in [0.2, 0.25) is 0 Å². The first-order chi connectivity index (χ1) is 10.2. The number of carbonyl (C=O) groups is 1. The van der Waals surface area contributed by atoms with E-state index in [0.29, 0.717) is 6.42 Å². The minimum absolute atomic E-state index is 0. The normalized spacial score (nSPS) is 17.0. The molecule has 1 saturated heterocycles. The monoisotopic (exact) mass is 406 g/mol. The van der Waals surface area contributed by atoms with E-state index in [4.69, 9.17) is 0 Å². The summed E-state index contributed by atoms with van der Waals surface area (Å²) in [6.07, 6.45) is 3.91. The summed E-state index contributed by atoms with van der Waals surface area (Å²) in [5, 5.41) is 6.39. The third-order valence-electron chi connectivity index (χ3n) is 3.67. The van der Waals surface area contributed by atoms with Crippen LogP contribution in [0.4, 0.5) is 0 Å². The Bertz CT molecular complexity index is 438. The van der Waals surface area contributed by atoms with Crippen LogP contribution in [0.15, 0.2) is 33.6 Å². The number of hydrogen-bond donors (Lipinski definition) is 2. The average molecular weight is 408 g/mol. The van der Waals surface area contributed by atoms with Gasteiger partial charge in [0.1, 0.15) is 0 Å². The topological polar surface area (TPSA) is 41.1 Å². The van der Waals surface area contributed by atoms with Gasteiger partial charge in [-0.05, 0) is 68.3 Å². The van der Waals surface area contributed by atoms with E-state index < -0.39 is 0 Å². The molecule has 0 saturated carbocycles. The number of carbonyl (C=O) groups excluding carboxylic acids is 1. The molecule has 6 heteroatoms. The Morgan fingerprint density at radius 3 is 2.82 bits per heavy atom. The Labute approximate surface area is 151 Å². The van der Waals surface area contributed by atoms with Crippen molar-refractivity contribution in [1.82, 2.24) is 10.6 Å². The van der Waals surface area contributed by atoms with Crippen LogP contribution in [0.3, 0.4) is 0 Å². The van der Waals surface area contributed by atoms with Crippen LogP contribution in [0.1, 0.15) is 25.7 Å². The highest BCUT2D eigenvalue weighted by Gasteiger charge is 2.13. The van der Waals surface area contributed by atoms with Crippen LogP contribution >= 0.6 is 40.1 Å². The molecule has 1 amide bonds. The Balaban J connectivity index is 0.00000242. The molecule has 2 N–H and O–H groups in total. The summed E-state index contributed by atoms with van der Waals surface area (Å²) in [5.74, 6) is 1.93. The highest BCUT2D eigenvalue weighted by Crippen LogP contribution is 2.21. The first-order valence-corrected chi connectivity index (χ1v) is 9.37. The number of halogens is 2. The van der Waals surface area contributed by atoms with Crippen molar-refractivity contribution < 1.29 is 4.79 Å². The molecule has 3 nitrogen and oxygen atoms in total. The number of thioether (sulfide) groups is 1. The largest absolute Gasteiger partial charge is 0.356 e. The summed E-state index contributed by atoms with van der Waals surface area (Å²) in [7, 11) is 0. The molecule has 1 heterocycles. The second-order valence-corrected chi connectivity index (χ2v) is 7.49. The van der Waals surface area contributed by atoms with Crippen molar-refractivity contribution in [2.45, 2.75) is 30.6 Å². The Morgan fingerprint density at radius 2 is 2.14 bits per heavy atom. The number of amides is 1. The minimum Gasteiger partial charge on any atom is -0.356 e. The highest BCUT2D eigenvalue weighted by atomic mass is 79.9. The van der Waals surface area contributed by atoms with Gasteiger partial charge in [-0.25, -0.2) is 0 Å². The molecule has 1 aromatic rings. The number of nitrogens with one attached hydrogen (secondary N) is 2. The molecule has 1 unspecified atom stereocenters. The van der Waals surface area contributed by atoms with Gasteiger partial charge in [-0.2, -0.15) is 0 Å². The van der Waals surface area contributed by atoms with Crippen molar-refractivity contribution in [3.63, 3.8) is 0 Å². The van der Waals surface area contributed by atoms with Gasteiger partial charge in [-0.3, -0.25) is 4.79 Å². The van der Waals surface area contributed by atoms with Gasteiger partial charge in [-0.1, -0.05) is 15.9 Å². The molecule has 1 aromatic carbocycles. The van der Waals surface area contributed by atoms with Crippen LogP contribution in [0.5, 0.6) is 0 Å². The fraction of sp³-hybridized carbons (Fsp3) is 0.562. The second kappa shape index (κ2) is 11.3. The molecule has 0 aliphatic carbocycles. The van der Waals surface area contributed by atoms with E-state index in [0.717, 1.165) is 48.6 Å². The van der Waals surface area contributed by atoms with E-state index in [1.807, 2.05) is 12.1 Å². The molecule has 22 heavy (non-hydrogen) atoms. The zero-order valence-corrected chi connectivity index (χ0v) is 15.9. The summed E-state index contributed by atoms with van der Waals surface area (Å²) in [6.45, 7) is 3.07. The molecule has 0 aromatic heterocycles. The summed E-state index contributed by atoms with van der Waals surface area (Å²) >= 11 is 5.23. The maximum Gasteiger partial charge on any atom is 0.220 e. The van der Waals surface area contributed by atoms with Gasteiger partial charge < -0.3 is 10.6 Å². The van der Waals surface area contributed by atoms with Crippen LogP contribution in [-0.2, 0) is 4.79 Å². The third-order valence-corrected chi connectivity index (χ3v) is 5.29. The van der Waals surface area contributed by atoms with Crippen molar-refractivity contribution in [1.29, 1.82) is 0 Å². The van der Waals surface area contributed by atoms with Gasteiger partial charge in [0, 0.05) is 22.3 Å². The SMILES string of the molecule is Cl.O=C(CCCSc1ccc(Br)cc1)NCCC1CCNC1. The van der Waals surface area contributed by atoms with E-state index in [9.17, 15) is 4.79 Å². The number of hydrogen-bond acceptors (Lipinski definition) is 3. The lowest BCUT2D eigenvalue weighted by molar-refractivity contribution is -0.121. The lowest BCUT2D eigenvalue weighted by atomic mass is 10.1. The molecule has 0 spiro atoms. The van der Waals surface area contributed by atoms with E-state index in [1.54, 1.807) is 11.8 Å². The Hall–Kier alpha value is -0.230. The summed E-state index contributed by atoms with van der Waals surface area (Å²) in [6, 6.07) is 8.30. The van der Waals surface area contributed by atoms with Gasteiger partial charge in [0.05, 0.1) is 0 Å². The summed E-state index contributed by atoms with van der Waals surface area (Å²) < 4.78 is 1.10. The molecule has 2 rings (SSSR count). The maximum absolute atomic E-state index is 11.7. The number of rotatable bonds is 8. The van der Waals surface area contributed by atoms with E-state index >= 15 is 0 Å². The second-order valence-electron chi connectivity index (χ2n) is 5.40. The quantitative estimate of drug-likeness (QED) is 0.508. The lowest BCUT2D eigenvalue weighted by Crippen LogP contribution is -2.26. The zero-order chi connectivity index (χ0) is 14.9. The van der Waals surface area contributed by atoms with E-state index in [1.165, 1.54) is 11.3 Å². The maximum atomic E-state index is 11.7. The van der Waals surface area contributed by atoms with Gasteiger partial charge in [0.2, 0.25) is 5.91 Å². The molecule has 1 aliphatic rings. The molecular formula is C16H24BrClN2OS. The molecule has 1 atom stereocenters. The van der Waals surface area contributed by atoms with Crippen LogP contribution in [-0.4, -0.2) is 31.3 Å². The van der Waals surface area contributed by atoms with Crippen LogP contribution in [0, 0.1) is 5.92 Å². The zero-order valence-electron chi connectivity index (χ0n) is 12.6. The van der Waals surface area contributed by atoms with E-state index in [-0.39, 0.29) is 18.3 Å². The van der Waals surface area contributed by atoms with Crippen LogP contribution in [0.25, 0.3) is 0 Å². The summed E-state index contributed by atoms with van der Waals surface area (Å²) in [5.41, 5.74) is 0. The van der Waals surface area contributed by atoms with Gasteiger partial charge in [0.15, 0.2) is 0 Å². The average Bonchev–Trinajstić information content (AvgIpc) is 2.99. The minimum atomic E-state index is 0. The predicted octanol–water partition coefficient (Wildman–Crippen LogP) is 3.86. The lowest BCUT2D eigenvalue weighted by Gasteiger charge is -2.09. The molecule has 1 fully saturated rings. The third kappa shape index (κ3) is 7.86. The van der Waals surface area contributed by atoms with Crippen LogP contribution < -0.4 is 10.6 Å². The first-order valence-electron chi connectivity index (χ1n) is 7.60. The molecule has 0 radical (unpaired) electrons. The fourth-order valence-electron chi connectivity index (χ4n) is 2.42. The highest BCUT2D eigenvalue weighted by molar-refractivity contribution is 9.10. The molecular weight excluding hydrogens is 384 g/mol. The summed E-state index contributed by atoms with van der Waals surface area (Å²) in [4.78, 5) is 13.0. The van der Waals surface area contributed by atoms with Crippen molar-refractivity contribution in [3.8, 4) is 0 Å². The van der Waals surface area contributed by atoms with Gasteiger partial charge in [0.25, 0.3) is 0 Å². The van der Waals surface area contributed by atoms with E-state index in [2.05, 4.69) is 38.7 Å². The smallest absolute Gasteiger partial charge is 0.220 e. The Morgan fingerprint density at radius 1 is 1.36 bits per heavy atom. The van der Waals surface area contributed by atoms with Gasteiger partial charge in [-0.15, -0.1) is 24.2 Å². The van der Waals surface area contributed by atoms with Crippen molar-refractivity contribution in [2.24, 2.45) is 5.92 Å². The first kappa shape index (κ1) is 19.8. The van der Waals surface area contributed by atoms with Gasteiger partial charge >= 0.3 is 0 Å². The Kier molecular flexibility index (Phi) is 10.2. The molecule has 1 aliphatic heterocycles. The van der Waals surface area contributed by atoms with Crippen molar-refractivity contribution in [3.05, 3.63) is 28.7 Å². The van der Waals surface area contributed by atoms with Crippen molar-refractivity contribution in [2.75, 3.05) is 25.4 Å². The van der Waals surface area contributed by atoms with Crippen molar-refractivity contribution >= 4 is 46.0 Å². The fourth-order valence-corrected chi connectivity index (χ4v) is 3.54. The molecule has 124 valence electrons.